The Balaban J connectivity index is 3.23. The zero-order valence-corrected chi connectivity index (χ0v) is 11.9. The number of nitrogen functional groups attached to an aromatic ring is 1. The summed E-state index contributed by atoms with van der Waals surface area (Å²) in [5.74, 6) is 0.899. The highest BCUT2D eigenvalue weighted by Gasteiger charge is 2.16. The van der Waals surface area contributed by atoms with Crippen molar-refractivity contribution in [2.45, 2.75) is 11.8 Å². The van der Waals surface area contributed by atoms with Crippen molar-refractivity contribution in [1.29, 1.82) is 5.41 Å². The molecule has 1 aromatic rings. The van der Waals surface area contributed by atoms with Gasteiger partial charge in [-0.3, -0.25) is 5.41 Å². The van der Waals surface area contributed by atoms with Gasteiger partial charge >= 0.3 is 0 Å². The van der Waals surface area contributed by atoms with Gasteiger partial charge in [-0.25, -0.2) is 0 Å². The van der Waals surface area contributed by atoms with E-state index in [1.807, 2.05) is 30.0 Å². The summed E-state index contributed by atoms with van der Waals surface area (Å²) in [4.78, 5) is 2.80. The smallest absolute Gasteiger partial charge is 0.126 e. The molecule has 0 aliphatic rings. The zero-order chi connectivity index (χ0) is 14.3. The van der Waals surface area contributed by atoms with Crippen LogP contribution in [0.25, 0.3) is 0 Å². The average molecular weight is 283 g/mol. The molecule has 6 heteroatoms. The third kappa shape index (κ3) is 4.12. The number of nitrogens with one attached hydrogen (secondary N) is 1. The van der Waals surface area contributed by atoms with E-state index in [2.05, 4.69) is 0 Å². The van der Waals surface area contributed by atoms with E-state index in [0.29, 0.717) is 18.7 Å². The van der Waals surface area contributed by atoms with E-state index in [0.717, 1.165) is 16.3 Å². The molecule has 0 aliphatic carbocycles. The van der Waals surface area contributed by atoms with E-state index in [1.54, 1.807) is 11.8 Å². The van der Waals surface area contributed by atoms with Crippen molar-refractivity contribution in [1.82, 2.24) is 0 Å². The lowest BCUT2D eigenvalue weighted by molar-refractivity contribution is 0.281. The predicted molar refractivity (Wildman–Crippen MR) is 80.2 cm³/mol. The number of aliphatic hydroxyl groups is 2. The molecule has 5 nitrogen and oxygen atoms in total. The molecule has 0 amide bonds. The van der Waals surface area contributed by atoms with Crippen LogP contribution >= 0.6 is 11.8 Å². The highest BCUT2D eigenvalue weighted by Crippen LogP contribution is 2.30. The Morgan fingerprint density at radius 2 is 1.95 bits per heavy atom. The Morgan fingerprint density at radius 1 is 1.32 bits per heavy atom. The Morgan fingerprint density at radius 3 is 2.42 bits per heavy atom. The number of rotatable bonds is 8. The van der Waals surface area contributed by atoms with E-state index < -0.39 is 0 Å². The largest absolute Gasteiger partial charge is 0.395 e. The van der Waals surface area contributed by atoms with E-state index in [-0.39, 0.29) is 19.0 Å². The Labute approximate surface area is 117 Å². The summed E-state index contributed by atoms with van der Waals surface area (Å²) in [6.07, 6.45) is 0. The van der Waals surface area contributed by atoms with Gasteiger partial charge in [0, 0.05) is 23.7 Å². The lowest BCUT2D eigenvalue weighted by atomic mass is 10.1. The number of nitrogens with two attached hydrogens (primary N) is 1. The third-order valence-corrected chi connectivity index (χ3v) is 3.59. The first kappa shape index (κ1) is 15.8. The van der Waals surface area contributed by atoms with Crippen molar-refractivity contribution in [2.24, 2.45) is 5.73 Å². The quantitative estimate of drug-likeness (QED) is 0.323. The maximum atomic E-state index is 9.11. The van der Waals surface area contributed by atoms with Crippen LogP contribution < -0.4 is 10.6 Å². The number of anilines is 1. The zero-order valence-electron chi connectivity index (χ0n) is 11.1. The molecular formula is C13H21N3O2S. The molecule has 0 radical (unpaired) electrons. The van der Waals surface area contributed by atoms with E-state index in [4.69, 9.17) is 21.4 Å². The molecule has 0 aliphatic heterocycles. The van der Waals surface area contributed by atoms with Crippen molar-refractivity contribution in [2.75, 3.05) is 37.0 Å². The highest BCUT2D eigenvalue weighted by molar-refractivity contribution is 7.99. The fraction of sp³-hybridized carbons (Fsp3) is 0.462. The first-order valence-corrected chi connectivity index (χ1v) is 7.21. The summed E-state index contributed by atoms with van der Waals surface area (Å²) in [7, 11) is 0. The lowest BCUT2D eigenvalue weighted by Gasteiger charge is -2.26. The molecule has 106 valence electrons. The minimum Gasteiger partial charge on any atom is -0.395 e. The van der Waals surface area contributed by atoms with Gasteiger partial charge in [-0.2, -0.15) is 0 Å². The van der Waals surface area contributed by atoms with Crippen molar-refractivity contribution < 1.29 is 10.2 Å². The first-order chi connectivity index (χ1) is 9.15. The molecule has 0 atom stereocenters. The molecule has 0 saturated carbocycles. The first-order valence-electron chi connectivity index (χ1n) is 6.22. The number of hydrogen-bond donors (Lipinski definition) is 4. The van der Waals surface area contributed by atoms with Gasteiger partial charge < -0.3 is 20.8 Å². The van der Waals surface area contributed by atoms with Gasteiger partial charge in [-0.05, 0) is 17.9 Å². The molecule has 5 N–H and O–H groups in total. The van der Waals surface area contributed by atoms with Crippen LogP contribution in [-0.4, -0.2) is 48.1 Å². The van der Waals surface area contributed by atoms with Gasteiger partial charge in [0.2, 0.25) is 0 Å². The number of hydrogen-bond acceptors (Lipinski definition) is 5. The van der Waals surface area contributed by atoms with Gasteiger partial charge in [0.05, 0.1) is 18.8 Å². The fourth-order valence-electron chi connectivity index (χ4n) is 1.92. The van der Waals surface area contributed by atoms with Crippen molar-refractivity contribution in [3.63, 3.8) is 0 Å². The van der Waals surface area contributed by atoms with Crippen LogP contribution in [0.2, 0.25) is 0 Å². The summed E-state index contributed by atoms with van der Waals surface area (Å²) in [5, 5.41) is 26.0. The van der Waals surface area contributed by atoms with Crippen molar-refractivity contribution in [3.05, 3.63) is 23.8 Å². The maximum Gasteiger partial charge on any atom is 0.126 e. The Hall–Kier alpha value is -1.24. The predicted octanol–water partition coefficient (Wildman–Crippen LogP) is 0.874. The van der Waals surface area contributed by atoms with E-state index in [1.165, 1.54) is 0 Å². The van der Waals surface area contributed by atoms with Gasteiger partial charge in [-0.1, -0.05) is 13.0 Å². The molecule has 0 spiro atoms. The second kappa shape index (κ2) is 8.04. The molecule has 0 bridgehead atoms. The molecule has 0 aromatic heterocycles. The minimum absolute atomic E-state index is 0.00688. The van der Waals surface area contributed by atoms with Crippen molar-refractivity contribution in [3.8, 4) is 0 Å². The molecule has 0 fully saturated rings. The van der Waals surface area contributed by atoms with Crippen LogP contribution in [-0.2, 0) is 0 Å². The number of aliphatic hydroxyl groups excluding tert-OH is 2. The number of benzene rings is 1. The number of amidine groups is 1. The van der Waals surface area contributed by atoms with Crippen LogP contribution in [0.4, 0.5) is 5.69 Å². The van der Waals surface area contributed by atoms with Crippen LogP contribution in [0.15, 0.2) is 23.1 Å². The monoisotopic (exact) mass is 283 g/mol. The molecule has 0 saturated heterocycles. The number of nitrogens with zero attached hydrogens (tertiary/aromatic N) is 1. The molecule has 1 aromatic carbocycles. The average Bonchev–Trinajstić information content (AvgIpc) is 2.38. The second-order valence-corrected chi connectivity index (χ2v) is 5.24. The summed E-state index contributed by atoms with van der Waals surface area (Å²) in [6.45, 7) is 2.83. The fourth-order valence-corrected chi connectivity index (χ4v) is 2.77. The SMILES string of the molecule is CCSc1cccc(N(CCO)CCO)c1C(=N)N. The van der Waals surface area contributed by atoms with Crippen LogP contribution in [0.5, 0.6) is 0 Å². The Bertz CT molecular complexity index is 420. The summed E-state index contributed by atoms with van der Waals surface area (Å²) in [5.41, 5.74) is 7.16. The second-order valence-electron chi connectivity index (χ2n) is 3.93. The van der Waals surface area contributed by atoms with E-state index >= 15 is 0 Å². The molecule has 0 heterocycles. The van der Waals surface area contributed by atoms with Crippen LogP contribution in [0.1, 0.15) is 12.5 Å². The minimum atomic E-state index is -0.0114. The van der Waals surface area contributed by atoms with Crippen LogP contribution in [0.3, 0.4) is 0 Å². The molecule has 0 unspecified atom stereocenters. The maximum absolute atomic E-state index is 9.11. The normalized spacial score (nSPS) is 10.5. The summed E-state index contributed by atoms with van der Waals surface area (Å²) in [6, 6.07) is 5.70. The molecular weight excluding hydrogens is 262 g/mol. The molecule has 19 heavy (non-hydrogen) atoms. The molecule has 1 rings (SSSR count). The topological polar surface area (TPSA) is 93.6 Å². The van der Waals surface area contributed by atoms with Gasteiger partial charge in [0.15, 0.2) is 0 Å². The Kier molecular flexibility index (Phi) is 6.69. The van der Waals surface area contributed by atoms with Gasteiger partial charge in [-0.15, -0.1) is 11.8 Å². The van der Waals surface area contributed by atoms with Crippen molar-refractivity contribution >= 4 is 23.3 Å². The summed E-state index contributed by atoms with van der Waals surface area (Å²) >= 11 is 1.63. The van der Waals surface area contributed by atoms with E-state index in [9.17, 15) is 0 Å². The standard InChI is InChI=1S/C13H21N3O2S/c1-2-19-11-5-3-4-10(12(11)13(14)15)16(6-8-17)7-9-18/h3-5,17-18H,2,6-9H2,1H3,(H3,14,15). The van der Waals surface area contributed by atoms with Crippen LogP contribution in [0, 0.1) is 5.41 Å². The van der Waals surface area contributed by atoms with Gasteiger partial charge in [0.1, 0.15) is 5.84 Å². The summed E-state index contributed by atoms with van der Waals surface area (Å²) < 4.78 is 0. The third-order valence-electron chi connectivity index (χ3n) is 2.65. The number of thioether (sulfide) groups is 1. The van der Waals surface area contributed by atoms with Gasteiger partial charge in [0.25, 0.3) is 0 Å². The highest BCUT2D eigenvalue weighted by atomic mass is 32.2. The lowest BCUT2D eigenvalue weighted by Crippen LogP contribution is -2.32.